The average molecular weight is 539 g/mol. The van der Waals surface area contributed by atoms with Crippen molar-refractivity contribution in [2.75, 3.05) is 26.9 Å². The van der Waals surface area contributed by atoms with Crippen LogP contribution in [0.25, 0.3) is 11.3 Å². The van der Waals surface area contributed by atoms with Crippen LogP contribution in [0.4, 0.5) is 13.2 Å². The highest BCUT2D eigenvalue weighted by molar-refractivity contribution is 5.57. The molecule has 3 aromatic rings. The van der Waals surface area contributed by atoms with E-state index in [0.717, 1.165) is 30.7 Å². The lowest BCUT2D eigenvalue weighted by molar-refractivity contribution is -0.212. The molecule has 0 aliphatic carbocycles. The number of aromatic nitrogens is 4. The van der Waals surface area contributed by atoms with Gasteiger partial charge in [0.2, 0.25) is 0 Å². The second kappa shape index (κ2) is 10.7. The second-order valence-electron chi connectivity index (χ2n) is 9.97. The summed E-state index contributed by atoms with van der Waals surface area (Å²) in [5, 5.41) is 33.1. The minimum atomic E-state index is -1.59. The first kappa shape index (κ1) is 26.8. The molecule has 38 heavy (non-hydrogen) atoms. The van der Waals surface area contributed by atoms with Crippen molar-refractivity contribution in [2.24, 2.45) is 0 Å². The molecule has 2 saturated heterocycles. The molecule has 1 aromatic carbocycles. The minimum absolute atomic E-state index is 0.0323. The number of aliphatic hydroxyl groups excluding tert-OH is 2. The zero-order valence-corrected chi connectivity index (χ0v) is 20.9. The molecule has 2 aliphatic heterocycles. The summed E-state index contributed by atoms with van der Waals surface area (Å²) in [5.74, 6) is -3.57. The number of hydrogen-bond donors (Lipinski definition) is 2. The molecule has 2 aromatic heterocycles. The summed E-state index contributed by atoms with van der Waals surface area (Å²) in [5.41, 5.74) is 0.443. The molecule has 0 spiro atoms. The van der Waals surface area contributed by atoms with Crippen molar-refractivity contribution in [2.45, 2.75) is 62.1 Å². The summed E-state index contributed by atoms with van der Waals surface area (Å²) in [4.78, 5) is 0. The highest BCUT2D eigenvalue weighted by Crippen LogP contribution is 2.37. The number of nitrogens with zero attached hydrogens (tertiary/aromatic N) is 4. The van der Waals surface area contributed by atoms with Crippen LogP contribution in [0.15, 0.2) is 28.9 Å². The summed E-state index contributed by atoms with van der Waals surface area (Å²) in [6.07, 6.45) is -0.454. The summed E-state index contributed by atoms with van der Waals surface area (Å²) in [6.45, 7) is 2.89. The van der Waals surface area contributed by atoms with Gasteiger partial charge in [0.05, 0.1) is 24.6 Å². The fourth-order valence-electron chi connectivity index (χ4n) is 5.16. The SMILES string of the molecule is CO[C@@H]1[C@@H](n2cc(-c3cc(F)c(F)c(F)c3)nn2)[C@@H](O)[C@@H](CO)O[C@@H]1Cc1cc(C2(C)CCOCC2)on1. The van der Waals surface area contributed by atoms with Crippen LogP contribution in [0.3, 0.4) is 0 Å². The van der Waals surface area contributed by atoms with Gasteiger partial charge in [0.15, 0.2) is 17.5 Å². The third kappa shape index (κ3) is 4.96. The van der Waals surface area contributed by atoms with E-state index in [0.29, 0.717) is 18.9 Å². The fraction of sp³-hybridized carbons (Fsp3) is 0.560. The van der Waals surface area contributed by atoms with Crippen LogP contribution in [-0.2, 0) is 26.0 Å². The first-order chi connectivity index (χ1) is 18.2. The maximum absolute atomic E-state index is 13.8. The molecule has 5 atom stereocenters. The van der Waals surface area contributed by atoms with Crippen LogP contribution in [0.5, 0.6) is 0 Å². The number of ether oxygens (including phenoxy) is 3. The van der Waals surface area contributed by atoms with Crippen molar-refractivity contribution in [1.29, 1.82) is 0 Å². The van der Waals surface area contributed by atoms with E-state index in [1.165, 1.54) is 18.0 Å². The van der Waals surface area contributed by atoms with Crippen molar-refractivity contribution in [3.8, 4) is 11.3 Å². The van der Waals surface area contributed by atoms with E-state index in [-0.39, 0.29) is 23.1 Å². The Balaban J connectivity index is 1.41. The van der Waals surface area contributed by atoms with Crippen LogP contribution in [0, 0.1) is 17.5 Å². The standard InChI is InChI=1S/C25H29F3N4O6/c1-25(3-5-36-6-4-25)20-10-14(30-38-20)9-18-24(35-2)22(23(34)19(12-33)37-18)32-11-17(29-31-32)13-7-15(26)21(28)16(27)8-13/h7-8,10-11,18-19,22-24,33-34H,3-6,9,12H2,1-2H3/t18-,19-,22+,23+,24+/m1/s1. The van der Waals surface area contributed by atoms with Gasteiger partial charge < -0.3 is 28.9 Å². The van der Waals surface area contributed by atoms with Gasteiger partial charge in [0.25, 0.3) is 0 Å². The summed E-state index contributed by atoms with van der Waals surface area (Å²) in [6, 6.07) is 2.61. The van der Waals surface area contributed by atoms with E-state index in [2.05, 4.69) is 22.4 Å². The normalized spacial score (nSPS) is 27.5. The molecule has 2 fully saturated rings. The van der Waals surface area contributed by atoms with E-state index in [1.54, 1.807) is 0 Å². The number of benzene rings is 1. The molecule has 0 saturated carbocycles. The van der Waals surface area contributed by atoms with E-state index in [9.17, 15) is 23.4 Å². The Kier molecular flexibility index (Phi) is 7.56. The number of rotatable bonds is 7. The quantitative estimate of drug-likeness (QED) is 0.436. The Morgan fingerprint density at radius 1 is 1.13 bits per heavy atom. The van der Waals surface area contributed by atoms with E-state index >= 15 is 0 Å². The molecular formula is C25H29F3N4O6. The minimum Gasteiger partial charge on any atom is -0.394 e. The van der Waals surface area contributed by atoms with Gasteiger partial charge in [0, 0.05) is 43.8 Å². The van der Waals surface area contributed by atoms with Crippen molar-refractivity contribution < 1.29 is 42.1 Å². The Morgan fingerprint density at radius 3 is 2.50 bits per heavy atom. The van der Waals surface area contributed by atoms with Crippen LogP contribution in [0.2, 0.25) is 0 Å². The van der Waals surface area contributed by atoms with Crippen LogP contribution in [-0.4, -0.2) is 81.7 Å². The molecule has 0 radical (unpaired) electrons. The second-order valence-corrected chi connectivity index (χ2v) is 9.97. The van der Waals surface area contributed by atoms with Crippen molar-refractivity contribution >= 4 is 0 Å². The monoisotopic (exact) mass is 538 g/mol. The molecule has 2 aliphatic rings. The van der Waals surface area contributed by atoms with Gasteiger partial charge in [0.1, 0.15) is 35.8 Å². The molecule has 2 N–H and O–H groups in total. The van der Waals surface area contributed by atoms with Gasteiger partial charge in [-0.2, -0.15) is 0 Å². The number of methoxy groups -OCH3 is 1. The summed E-state index contributed by atoms with van der Waals surface area (Å²) >= 11 is 0. The molecule has 5 rings (SSSR count). The lowest BCUT2D eigenvalue weighted by Gasteiger charge is -2.43. The van der Waals surface area contributed by atoms with Gasteiger partial charge in [-0.05, 0) is 25.0 Å². The van der Waals surface area contributed by atoms with Crippen LogP contribution in [0.1, 0.15) is 37.3 Å². The van der Waals surface area contributed by atoms with Crippen LogP contribution < -0.4 is 0 Å². The fourth-order valence-corrected chi connectivity index (χ4v) is 5.16. The highest BCUT2D eigenvalue weighted by Gasteiger charge is 2.47. The smallest absolute Gasteiger partial charge is 0.194 e. The maximum Gasteiger partial charge on any atom is 0.194 e. The van der Waals surface area contributed by atoms with Gasteiger partial charge in [-0.25, -0.2) is 17.9 Å². The third-order valence-electron chi connectivity index (χ3n) is 7.49. The molecule has 10 nitrogen and oxygen atoms in total. The largest absolute Gasteiger partial charge is 0.394 e. The third-order valence-corrected chi connectivity index (χ3v) is 7.49. The first-order valence-electron chi connectivity index (χ1n) is 12.3. The molecule has 0 bridgehead atoms. The highest BCUT2D eigenvalue weighted by atomic mass is 19.2. The Bertz CT molecular complexity index is 1240. The topological polar surface area (TPSA) is 125 Å². The molecule has 13 heteroatoms. The molecular weight excluding hydrogens is 509 g/mol. The van der Waals surface area contributed by atoms with E-state index < -0.39 is 54.5 Å². The van der Waals surface area contributed by atoms with Crippen molar-refractivity contribution in [1.82, 2.24) is 20.2 Å². The molecule has 0 unspecified atom stereocenters. The number of hydrogen-bond acceptors (Lipinski definition) is 9. The zero-order valence-electron chi connectivity index (χ0n) is 20.9. The van der Waals surface area contributed by atoms with Crippen molar-refractivity contribution in [3.05, 3.63) is 53.3 Å². The Labute approximate surface area is 216 Å². The average Bonchev–Trinajstić information content (AvgIpc) is 3.58. The van der Waals surface area contributed by atoms with Gasteiger partial charge in [-0.15, -0.1) is 5.10 Å². The van der Waals surface area contributed by atoms with Gasteiger partial charge in [-0.3, -0.25) is 0 Å². The van der Waals surface area contributed by atoms with Gasteiger partial charge in [-0.1, -0.05) is 17.3 Å². The lowest BCUT2D eigenvalue weighted by Crippen LogP contribution is -2.57. The van der Waals surface area contributed by atoms with E-state index in [4.69, 9.17) is 18.7 Å². The predicted octanol–water partition coefficient (Wildman–Crippen LogP) is 2.34. The molecule has 0 amide bonds. The summed E-state index contributed by atoms with van der Waals surface area (Å²) in [7, 11) is 1.44. The maximum atomic E-state index is 13.8. The lowest BCUT2D eigenvalue weighted by atomic mass is 9.80. The number of aliphatic hydroxyl groups is 2. The summed E-state index contributed by atoms with van der Waals surface area (Å²) < 4.78 is 65.1. The Hall–Kier alpha value is -2.84. The van der Waals surface area contributed by atoms with Crippen molar-refractivity contribution in [3.63, 3.8) is 0 Å². The molecule has 206 valence electrons. The Morgan fingerprint density at radius 2 is 1.84 bits per heavy atom. The zero-order chi connectivity index (χ0) is 27.0. The predicted molar refractivity (Wildman–Crippen MR) is 125 cm³/mol. The first-order valence-corrected chi connectivity index (χ1v) is 12.3. The van der Waals surface area contributed by atoms with E-state index in [1.807, 2.05) is 6.07 Å². The molecule has 4 heterocycles. The van der Waals surface area contributed by atoms with Crippen LogP contribution >= 0.6 is 0 Å². The van der Waals surface area contributed by atoms with Gasteiger partial charge >= 0.3 is 0 Å². The number of halogens is 3.